The highest BCUT2D eigenvalue weighted by Crippen LogP contribution is 2.34. The van der Waals surface area contributed by atoms with Crippen LogP contribution in [-0.2, 0) is 25.2 Å². The third kappa shape index (κ3) is 7.23. The fourth-order valence-electron chi connectivity index (χ4n) is 4.45. The van der Waals surface area contributed by atoms with Crippen LogP contribution in [0.25, 0.3) is 0 Å². The number of carbonyl (C=O) groups excluding carboxylic acids is 3. The molecule has 0 unspecified atom stereocenters. The summed E-state index contributed by atoms with van der Waals surface area (Å²) in [4.78, 5) is 40.1. The van der Waals surface area contributed by atoms with Crippen LogP contribution in [0.5, 0.6) is 11.5 Å². The van der Waals surface area contributed by atoms with Gasteiger partial charge >= 0.3 is 0 Å². The molecule has 0 saturated heterocycles. The third-order valence-electron chi connectivity index (χ3n) is 6.32. The molecule has 1 saturated carbocycles. The van der Waals surface area contributed by atoms with E-state index in [4.69, 9.17) is 21.1 Å². The van der Waals surface area contributed by atoms with Crippen molar-refractivity contribution in [3.63, 3.8) is 0 Å². The Bertz CT molecular complexity index is 1170. The van der Waals surface area contributed by atoms with Crippen molar-refractivity contribution in [3.05, 3.63) is 47.5 Å². The molecule has 2 atom stereocenters. The fourth-order valence-corrected chi connectivity index (χ4v) is 5.45. The molecule has 2 aliphatic rings. The number of ether oxygens (including phenoxy) is 2. The lowest BCUT2D eigenvalue weighted by molar-refractivity contribution is -0.126. The van der Waals surface area contributed by atoms with E-state index in [1.165, 1.54) is 4.90 Å². The summed E-state index contributed by atoms with van der Waals surface area (Å²) in [5, 5.41) is 6.19. The van der Waals surface area contributed by atoms with Crippen LogP contribution in [0.1, 0.15) is 39.0 Å². The second-order valence-corrected chi connectivity index (χ2v) is 11.0. The van der Waals surface area contributed by atoms with Gasteiger partial charge in [0.1, 0.15) is 17.5 Å². The van der Waals surface area contributed by atoms with Crippen LogP contribution in [0.15, 0.2) is 42.5 Å². The van der Waals surface area contributed by atoms with Crippen molar-refractivity contribution >= 4 is 51.5 Å². The number of fused-ring (bicyclic) bond motifs is 1. The van der Waals surface area contributed by atoms with E-state index >= 15 is 0 Å². The molecule has 3 amide bonds. The highest BCUT2D eigenvalue weighted by atomic mass is 35.5. The molecule has 2 aromatic carbocycles. The number of hydrogen-bond donors (Lipinski definition) is 2. The Labute approximate surface area is 223 Å². The first-order valence-corrected chi connectivity index (χ1v) is 14.1. The zero-order chi connectivity index (χ0) is 26.4. The monoisotopic (exact) mass is 547 g/mol. The van der Waals surface area contributed by atoms with E-state index in [9.17, 15) is 18.6 Å². The van der Waals surface area contributed by atoms with Gasteiger partial charge in [0.15, 0.2) is 11.5 Å². The van der Waals surface area contributed by atoms with Crippen molar-refractivity contribution in [1.29, 1.82) is 0 Å². The summed E-state index contributed by atoms with van der Waals surface area (Å²) in [7, 11) is -1.80. The van der Waals surface area contributed by atoms with E-state index in [0.717, 1.165) is 32.1 Å². The number of halogens is 1. The Morgan fingerprint density at radius 3 is 2.46 bits per heavy atom. The summed E-state index contributed by atoms with van der Waals surface area (Å²) in [5.74, 6) is -1.02. The molecule has 1 fully saturated rings. The van der Waals surface area contributed by atoms with Crippen LogP contribution in [0.4, 0.5) is 11.4 Å². The largest absolute Gasteiger partial charge is 0.454 e. The second kappa shape index (κ2) is 12.4. The van der Waals surface area contributed by atoms with E-state index in [-0.39, 0.29) is 24.5 Å². The summed E-state index contributed by atoms with van der Waals surface area (Å²) >= 11 is 6.02. The number of carbonyl (C=O) groups is 3. The van der Waals surface area contributed by atoms with Crippen LogP contribution in [0.2, 0.25) is 5.02 Å². The lowest BCUT2D eigenvalue weighted by Gasteiger charge is -2.31. The molecule has 2 N–H and O–H groups in total. The van der Waals surface area contributed by atoms with Gasteiger partial charge in [0.2, 0.25) is 24.5 Å². The highest BCUT2D eigenvalue weighted by molar-refractivity contribution is 7.86. The lowest BCUT2D eigenvalue weighted by atomic mass is 9.95. The number of benzene rings is 2. The smallest absolute Gasteiger partial charge is 0.243 e. The number of rotatable bonds is 9. The molecular weight excluding hydrogens is 518 g/mol. The van der Waals surface area contributed by atoms with Gasteiger partial charge in [-0.25, -0.2) is 0 Å². The SMILES string of the molecule is C[C@H](C(=O)NC1CCCCC1)N(C(=O)C[S@](=O)CC(=O)Nc1ccc2c(c1)OCO2)c1ccc(Cl)cc1. The first-order chi connectivity index (χ1) is 17.8. The molecule has 1 aliphatic heterocycles. The Morgan fingerprint density at radius 1 is 1.03 bits per heavy atom. The van der Waals surface area contributed by atoms with Crippen LogP contribution in [0.3, 0.4) is 0 Å². The van der Waals surface area contributed by atoms with E-state index in [1.807, 2.05) is 0 Å². The standard InChI is InChI=1S/C26H30ClN3O6S/c1-17(26(33)29-19-5-3-2-4-6-19)30(21-10-7-18(27)8-11-21)25(32)15-37(34)14-24(31)28-20-9-12-22-23(13-20)36-16-35-22/h7-13,17,19H,2-6,14-16H2,1H3,(H,28,31)(H,29,33)/t17-,37-/m1/s1. The Kier molecular flexibility index (Phi) is 9.04. The molecule has 0 spiro atoms. The van der Waals surface area contributed by atoms with E-state index < -0.39 is 34.4 Å². The average Bonchev–Trinajstić information content (AvgIpc) is 3.33. The van der Waals surface area contributed by atoms with Gasteiger partial charge in [0, 0.05) is 39.3 Å². The number of nitrogens with one attached hydrogen (secondary N) is 2. The van der Waals surface area contributed by atoms with Gasteiger partial charge in [-0.2, -0.15) is 0 Å². The minimum absolute atomic E-state index is 0.0832. The summed E-state index contributed by atoms with van der Waals surface area (Å²) in [6, 6.07) is 10.7. The van der Waals surface area contributed by atoms with E-state index in [1.54, 1.807) is 49.4 Å². The molecule has 2 aromatic rings. The van der Waals surface area contributed by atoms with E-state index in [2.05, 4.69) is 10.6 Å². The van der Waals surface area contributed by atoms with Crippen molar-refractivity contribution in [1.82, 2.24) is 5.32 Å². The van der Waals surface area contributed by atoms with Crippen LogP contribution < -0.4 is 25.0 Å². The second-order valence-electron chi connectivity index (χ2n) is 9.10. The predicted octanol–water partition coefficient (Wildman–Crippen LogP) is 3.63. The Hall–Kier alpha value is -3.11. The van der Waals surface area contributed by atoms with Gasteiger partial charge in [0.25, 0.3) is 0 Å². The topological polar surface area (TPSA) is 114 Å². The molecule has 0 bridgehead atoms. The Morgan fingerprint density at radius 2 is 1.73 bits per heavy atom. The molecule has 0 radical (unpaired) electrons. The van der Waals surface area contributed by atoms with Gasteiger partial charge in [0.05, 0.1) is 0 Å². The maximum Gasteiger partial charge on any atom is 0.243 e. The van der Waals surface area contributed by atoms with Crippen LogP contribution >= 0.6 is 11.6 Å². The molecule has 9 nitrogen and oxygen atoms in total. The normalized spacial score (nSPS) is 16.5. The van der Waals surface area contributed by atoms with Gasteiger partial charge in [-0.1, -0.05) is 30.9 Å². The molecule has 1 aliphatic carbocycles. The van der Waals surface area contributed by atoms with E-state index in [0.29, 0.717) is 27.9 Å². The number of amides is 3. The molecule has 1 heterocycles. The van der Waals surface area contributed by atoms with Crippen molar-refractivity contribution in [2.24, 2.45) is 0 Å². The van der Waals surface area contributed by atoms with Gasteiger partial charge in [-0.15, -0.1) is 0 Å². The quantitative estimate of drug-likeness (QED) is 0.495. The molecule has 4 rings (SSSR count). The molecule has 37 heavy (non-hydrogen) atoms. The minimum Gasteiger partial charge on any atom is -0.454 e. The number of nitrogens with zero attached hydrogens (tertiary/aromatic N) is 1. The fraction of sp³-hybridized carbons (Fsp3) is 0.423. The molecule has 198 valence electrons. The maximum absolute atomic E-state index is 13.3. The van der Waals surface area contributed by atoms with Crippen molar-refractivity contribution in [2.45, 2.75) is 51.1 Å². The number of hydrogen-bond acceptors (Lipinski definition) is 6. The van der Waals surface area contributed by atoms with Gasteiger partial charge in [-0.3, -0.25) is 23.5 Å². The summed E-state index contributed by atoms with van der Waals surface area (Å²) in [6.45, 7) is 1.75. The molecule has 11 heteroatoms. The highest BCUT2D eigenvalue weighted by Gasteiger charge is 2.30. The third-order valence-corrected chi connectivity index (χ3v) is 7.73. The first-order valence-electron chi connectivity index (χ1n) is 12.2. The van der Waals surface area contributed by atoms with Gasteiger partial charge < -0.3 is 20.1 Å². The minimum atomic E-state index is -1.80. The predicted molar refractivity (Wildman–Crippen MR) is 142 cm³/mol. The zero-order valence-corrected chi connectivity index (χ0v) is 22.1. The van der Waals surface area contributed by atoms with Crippen LogP contribution in [-0.4, -0.2) is 52.3 Å². The molecular formula is C26H30ClN3O6S. The Balaban J connectivity index is 1.39. The zero-order valence-electron chi connectivity index (χ0n) is 20.5. The average molecular weight is 548 g/mol. The van der Waals surface area contributed by atoms with Crippen molar-refractivity contribution < 1.29 is 28.1 Å². The molecule has 0 aromatic heterocycles. The maximum atomic E-state index is 13.3. The van der Waals surface area contributed by atoms with Gasteiger partial charge in [-0.05, 0) is 56.2 Å². The van der Waals surface area contributed by atoms with Crippen LogP contribution in [0, 0.1) is 0 Å². The number of anilines is 2. The van der Waals surface area contributed by atoms with Crippen molar-refractivity contribution in [3.8, 4) is 11.5 Å². The van der Waals surface area contributed by atoms with Crippen molar-refractivity contribution in [2.75, 3.05) is 28.5 Å². The summed E-state index contributed by atoms with van der Waals surface area (Å²) in [6.07, 6.45) is 5.11. The summed E-state index contributed by atoms with van der Waals surface area (Å²) < 4.78 is 23.3. The first kappa shape index (κ1) is 26.9. The lowest BCUT2D eigenvalue weighted by Crippen LogP contribution is -2.52. The summed E-state index contributed by atoms with van der Waals surface area (Å²) in [5.41, 5.74) is 0.927.